The second-order valence-corrected chi connectivity index (χ2v) is 10.2. The summed E-state index contributed by atoms with van der Waals surface area (Å²) in [6.45, 7) is 4.31. The summed E-state index contributed by atoms with van der Waals surface area (Å²) in [4.78, 5) is 36.1. The quantitative estimate of drug-likeness (QED) is 0.240. The number of halogens is 1. The van der Waals surface area contributed by atoms with E-state index >= 15 is 0 Å². The fourth-order valence-corrected chi connectivity index (χ4v) is 4.65. The summed E-state index contributed by atoms with van der Waals surface area (Å²) in [7, 11) is 0. The van der Waals surface area contributed by atoms with Gasteiger partial charge >= 0.3 is 0 Å². The SMILES string of the molecule is Cc1ccc(Nc2nc(C)cc(Nc3ccc(NC(=O)C4CC(=O)N(c5cccc(Br)c5)C4)cc3)n2)cc1. The van der Waals surface area contributed by atoms with Crippen LogP contribution in [0.4, 0.5) is 34.5 Å². The molecule has 0 spiro atoms. The largest absolute Gasteiger partial charge is 0.340 e. The van der Waals surface area contributed by atoms with E-state index in [1.165, 1.54) is 5.56 Å². The van der Waals surface area contributed by atoms with Gasteiger partial charge in [-0.25, -0.2) is 4.98 Å². The van der Waals surface area contributed by atoms with Gasteiger partial charge in [0, 0.05) is 51.9 Å². The van der Waals surface area contributed by atoms with Gasteiger partial charge in [0.25, 0.3) is 0 Å². The van der Waals surface area contributed by atoms with Crippen molar-refractivity contribution in [2.75, 3.05) is 27.4 Å². The third-order valence-corrected chi connectivity index (χ3v) is 6.70. The molecular formula is C29H27BrN6O2. The van der Waals surface area contributed by atoms with Crippen LogP contribution < -0.4 is 20.9 Å². The molecule has 3 N–H and O–H groups in total. The smallest absolute Gasteiger partial charge is 0.229 e. The first-order chi connectivity index (χ1) is 18.3. The highest BCUT2D eigenvalue weighted by molar-refractivity contribution is 9.10. The number of aryl methyl sites for hydroxylation is 2. The second-order valence-electron chi connectivity index (χ2n) is 9.29. The maximum Gasteiger partial charge on any atom is 0.229 e. The highest BCUT2D eigenvalue weighted by atomic mass is 79.9. The van der Waals surface area contributed by atoms with E-state index in [1.807, 2.05) is 92.7 Å². The van der Waals surface area contributed by atoms with Crippen molar-refractivity contribution in [1.29, 1.82) is 0 Å². The van der Waals surface area contributed by atoms with Crippen molar-refractivity contribution < 1.29 is 9.59 Å². The Labute approximate surface area is 229 Å². The Balaban J connectivity index is 1.20. The lowest BCUT2D eigenvalue weighted by Gasteiger charge is -2.17. The molecule has 0 bridgehead atoms. The van der Waals surface area contributed by atoms with Gasteiger partial charge in [-0.15, -0.1) is 0 Å². The van der Waals surface area contributed by atoms with Crippen LogP contribution in [0, 0.1) is 19.8 Å². The Morgan fingerprint density at radius 3 is 2.32 bits per heavy atom. The molecule has 1 unspecified atom stereocenters. The van der Waals surface area contributed by atoms with Gasteiger partial charge in [0.1, 0.15) is 5.82 Å². The van der Waals surface area contributed by atoms with Crippen LogP contribution >= 0.6 is 15.9 Å². The van der Waals surface area contributed by atoms with Gasteiger partial charge in [-0.3, -0.25) is 9.59 Å². The minimum Gasteiger partial charge on any atom is -0.340 e. The van der Waals surface area contributed by atoms with Crippen LogP contribution in [0.5, 0.6) is 0 Å². The van der Waals surface area contributed by atoms with Crippen molar-refractivity contribution in [2.45, 2.75) is 20.3 Å². The predicted octanol–water partition coefficient (Wildman–Crippen LogP) is 6.33. The zero-order valence-corrected chi connectivity index (χ0v) is 22.6. The molecule has 9 heteroatoms. The molecule has 8 nitrogen and oxygen atoms in total. The minimum absolute atomic E-state index is 0.0563. The zero-order chi connectivity index (χ0) is 26.6. The van der Waals surface area contributed by atoms with E-state index in [0.717, 1.165) is 27.2 Å². The molecular weight excluding hydrogens is 544 g/mol. The molecule has 1 saturated heterocycles. The number of hydrogen-bond donors (Lipinski definition) is 3. The lowest BCUT2D eigenvalue weighted by atomic mass is 10.1. The van der Waals surface area contributed by atoms with Gasteiger partial charge in [0.2, 0.25) is 17.8 Å². The van der Waals surface area contributed by atoms with E-state index in [0.29, 0.717) is 24.0 Å². The van der Waals surface area contributed by atoms with E-state index in [2.05, 4.69) is 41.8 Å². The fourth-order valence-electron chi connectivity index (χ4n) is 4.26. The van der Waals surface area contributed by atoms with Gasteiger partial charge in [0.05, 0.1) is 5.92 Å². The summed E-state index contributed by atoms with van der Waals surface area (Å²) in [5, 5.41) is 9.46. The molecule has 1 aliphatic rings. The number of nitrogens with one attached hydrogen (secondary N) is 3. The minimum atomic E-state index is -0.414. The fraction of sp³-hybridized carbons (Fsp3) is 0.172. The van der Waals surface area contributed by atoms with Crippen LogP contribution in [0.2, 0.25) is 0 Å². The number of carbonyl (C=O) groups is 2. The maximum atomic E-state index is 12.9. The van der Waals surface area contributed by atoms with Crippen LogP contribution in [0.15, 0.2) is 83.3 Å². The van der Waals surface area contributed by atoms with E-state index in [-0.39, 0.29) is 18.2 Å². The maximum absolute atomic E-state index is 12.9. The van der Waals surface area contributed by atoms with Crippen LogP contribution in [-0.2, 0) is 9.59 Å². The average Bonchev–Trinajstić information content (AvgIpc) is 3.28. The molecule has 2 amide bonds. The molecule has 1 aromatic heterocycles. The van der Waals surface area contributed by atoms with Gasteiger partial charge in [-0.2, -0.15) is 4.98 Å². The molecule has 0 aliphatic carbocycles. The number of carbonyl (C=O) groups excluding carboxylic acids is 2. The molecule has 1 aliphatic heterocycles. The van der Waals surface area contributed by atoms with E-state index < -0.39 is 5.92 Å². The van der Waals surface area contributed by atoms with E-state index in [1.54, 1.807) is 4.90 Å². The van der Waals surface area contributed by atoms with Crippen LogP contribution in [-0.4, -0.2) is 28.3 Å². The Kier molecular flexibility index (Phi) is 7.37. The number of benzene rings is 3. The molecule has 5 rings (SSSR count). The summed E-state index contributed by atoms with van der Waals surface area (Å²) in [6, 6.07) is 24.8. The Morgan fingerprint density at radius 1 is 0.895 bits per heavy atom. The first-order valence-corrected chi connectivity index (χ1v) is 13.0. The number of nitrogens with zero attached hydrogens (tertiary/aromatic N) is 3. The number of aromatic nitrogens is 2. The van der Waals surface area contributed by atoms with E-state index in [9.17, 15) is 9.59 Å². The highest BCUT2D eigenvalue weighted by Crippen LogP contribution is 2.28. The van der Waals surface area contributed by atoms with Crippen LogP contribution in [0.1, 0.15) is 17.7 Å². The van der Waals surface area contributed by atoms with Crippen molar-refractivity contribution in [2.24, 2.45) is 5.92 Å². The molecule has 3 aromatic carbocycles. The highest BCUT2D eigenvalue weighted by Gasteiger charge is 2.35. The summed E-state index contributed by atoms with van der Waals surface area (Å²) in [5.74, 6) is 0.515. The Morgan fingerprint density at radius 2 is 1.58 bits per heavy atom. The number of rotatable bonds is 7. The summed E-state index contributed by atoms with van der Waals surface area (Å²) < 4.78 is 0.889. The van der Waals surface area contributed by atoms with Gasteiger partial charge < -0.3 is 20.9 Å². The molecule has 0 saturated carbocycles. The summed E-state index contributed by atoms with van der Waals surface area (Å²) >= 11 is 3.43. The number of amides is 2. The lowest BCUT2D eigenvalue weighted by Crippen LogP contribution is -2.28. The van der Waals surface area contributed by atoms with E-state index in [4.69, 9.17) is 0 Å². The summed E-state index contributed by atoms with van der Waals surface area (Å²) in [5.41, 5.74) is 5.18. The number of anilines is 6. The van der Waals surface area contributed by atoms with Crippen LogP contribution in [0.3, 0.4) is 0 Å². The first kappa shape index (κ1) is 25.4. The molecule has 192 valence electrons. The third kappa shape index (κ3) is 6.18. The third-order valence-electron chi connectivity index (χ3n) is 6.20. The van der Waals surface area contributed by atoms with Gasteiger partial charge in [-0.1, -0.05) is 39.7 Å². The van der Waals surface area contributed by atoms with Crippen molar-refractivity contribution in [1.82, 2.24) is 9.97 Å². The van der Waals surface area contributed by atoms with Gasteiger partial charge in [-0.05, 0) is 68.4 Å². The zero-order valence-electron chi connectivity index (χ0n) is 21.0. The van der Waals surface area contributed by atoms with Gasteiger partial charge in [0.15, 0.2) is 0 Å². The standard InChI is InChI=1S/C29H27BrN6O2/c1-18-6-8-24(9-7-18)34-29-31-19(2)14-26(35-29)32-22-10-12-23(13-11-22)33-28(38)20-15-27(37)36(17-20)25-5-3-4-21(30)16-25/h3-14,16,20H,15,17H2,1-2H3,(H,33,38)(H2,31,32,34,35). The normalized spacial score (nSPS) is 14.9. The first-order valence-electron chi connectivity index (χ1n) is 12.3. The Hall–Kier alpha value is -4.24. The molecule has 2 heterocycles. The molecule has 0 radical (unpaired) electrons. The summed E-state index contributed by atoms with van der Waals surface area (Å²) in [6.07, 6.45) is 0.185. The molecule has 38 heavy (non-hydrogen) atoms. The molecule has 1 atom stereocenters. The van der Waals surface area contributed by atoms with Crippen molar-refractivity contribution in [3.63, 3.8) is 0 Å². The second kappa shape index (κ2) is 11.0. The average molecular weight is 571 g/mol. The lowest BCUT2D eigenvalue weighted by molar-refractivity contribution is -0.122. The molecule has 4 aromatic rings. The predicted molar refractivity (Wildman–Crippen MR) is 154 cm³/mol. The van der Waals surface area contributed by atoms with Crippen molar-refractivity contribution in [3.05, 3.63) is 94.6 Å². The molecule has 1 fully saturated rings. The number of hydrogen-bond acceptors (Lipinski definition) is 6. The Bertz CT molecular complexity index is 1470. The van der Waals surface area contributed by atoms with Crippen molar-refractivity contribution >= 4 is 62.3 Å². The van der Waals surface area contributed by atoms with Crippen LogP contribution in [0.25, 0.3) is 0 Å². The van der Waals surface area contributed by atoms with Crippen molar-refractivity contribution in [3.8, 4) is 0 Å². The monoisotopic (exact) mass is 570 g/mol. The topological polar surface area (TPSA) is 99.2 Å².